The fourth-order valence-electron chi connectivity index (χ4n) is 2.71. The number of para-hydroxylation sites is 1. The Balaban J connectivity index is 1.60. The first kappa shape index (κ1) is 21.4. The van der Waals surface area contributed by atoms with Crippen LogP contribution in [0.15, 0.2) is 70.5 Å². The minimum atomic E-state index is -0.249. The van der Waals surface area contributed by atoms with Gasteiger partial charge in [-0.15, -0.1) is 0 Å². The summed E-state index contributed by atoms with van der Waals surface area (Å²) < 4.78 is 12.0. The molecule has 0 fully saturated rings. The average Bonchev–Trinajstić information content (AvgIpc) is 2.78. The third-order valence-corrected chi connectivity index (χ3v) is 5.11. The minimum Gasteiger partial charge on any atom is -0.497 e. The smallest absolute Gasteiger partial charge is 0.271 e. The summed E-state index contributed by atoms with van der Waals surface area (Å²) in [5.74, 6) is 1.52. The molecule has 0 saturated heterocycles. The van der Waals surface area contributed by atoms with Crippen molar-refractivity contribution in [1.29, 1.82) is 0 Å². The lowest BCUT2D eigenvalue weighted by molar-refractivity contribution is -0.118. The first-order chi connectivity index (χ1) is 14.6. The van der Waals surface area contributed by atoms with E-state index in [0.29, 0.717) is 29.6 Å². The normalized spacial score (nSPS) is 10.5. The van der Waals surface area contributed by atoms with Crippen LogP contribution in [-0.4, -0.2) is 35.2 Å². The molecule has 1 heterocycles. The van der Waals surface area contributed by atoms with Crippen molar-refractivity contribution in [2.45, 2.75) is 18.5 Å². The van der Waals surface area contributed by atoms with Crippen molar-refractivity contribution in [3.05, 3.63) is 76.6 Å². The van der Waals surface area contributed by atoms with E-state index < -0.39 is 0 Å². The molecule has 0 aliphatic rings. The third-order valence-electron chi connectivity index (χ3n) is 4.19. The van der Waals surface area contributed by atoms with Crippen molar-refractivity contribution in [1.82, 2.24) is 15.1 Å². The van der Waals surface area contributed by atoms with Crippen molar-refractivity contribution >= 4 is 17.7 Å². The standard InChI is InChI=1S/C22H23N3O4S/c1-3-29-19-7-5-4-6-16(19)14-23-20(26)15-30-21-12-13-22(27)25(24-21)17-8-10-18(28-2)11-9-17/h4-13H,3,14-15H2,1-2H3,(H,23,26). The van der Waals surface area contributed by atoms with Crippen molar-refractivity contribution < 1.29 is 14.3 Å². The molecular formula is C22H23N3O4S. The van der Waals surface area contributed by atoms with Gasteiger partial charge in [0.25, 0.3) is 5.56 Å². The molecule has 1 aromatic heterocycles. The van der Waals surface area contributed by atoms with E-state index in [-0.39, 0.29) is 17.2 Å². The molecule has 8 heteroatoms. The Bertz CT molecular complexity index is 1050. The van der Waals surface area contributed by atoms with Crippen LogP contribution in [0.3, 0.4) is 0 Å². The summed E-state index contributed by atoms with van der Waals surface area (Å²) in [7, 11) is 1.58. The number of methoxy groups -OCH3 is 1. The molecule has 3 rings (SSSR count). The fraction of sp³-hybridized carbons (Fsp3) is 0.227. The molecule has 1 amide bonds. The molecule has 0 unspecified atom stereocenters. The first-order valence-electron chi connectivity index (χ1n) is 9.45. The third kappa shape index (κ3) is 5.64. The number of rotatable bonds is 9. The molecular weight excluding hydrogens is 402 g/mol. The predicted molar refractivity (Wildman–Crippen MR) is 117 cm³/mol. The zero-order valence-corrected chi connectivity index (χ0v) is 17.6. The van der Waals surface area contributed by atoms with E-state index >= 15 is 0 Å². The van der Waals surface area contributed by atoms with Crippen molar-refractivity contribution in [2.75, 3.05) is 19.5 Å². The minimum absolute atomic E-state index is 0.129. The zero-order valence-electron chi connectivity index (χ0n) is 16.8. The number of thioether (sulfide) groups is 1. The molecule has 0 bridgehead atoms. The van der Waals surface area contributed by atoms with Gasteiger partial charge in [-0.25, -0.2) is 0 Å². The van der Waals surface area contributed by atoms with Gasteiger partial charge in [0.05, 0.1) is 25.2 Å². The van der Waals surface area contributed by atoms with Gasteiger partial charge in [-0.3, -0.25) is 9.59 Å². The second-order valence-electron chi connectivity index (χ2n) is 6.23. The van der Waals surface area contributed by atoms with Crippen LogP contribution in [0, 0.1) is 0 Å². The highest BCUT2D eigenvalue weighted by atomic mass is 32.2. The van der Waals surface area contributed by atoms with Crippen LogP contribution >= 0.6 is 11.8 Å². The number of carbonyl (C=O) groups excluding carboxylic acids is 1. The molecule has 30 heavy (non-hydrogen) atoms. The number of carbonyl (C=O) groups is 1. The highest BCUT2D eigenvalue weighted by Crippen LogP contribution is 2.19. The number of hydrogen-bond donors (Lipinski definition) is 1. The van der Waals surface area contributed by atoms with Crippen LogP contribution in [0.1, 0.15) is 12.5 Å². The monoisotopic (exact) mass is 425 g/mol. The van der Waals surface area contributed by atoms with E-state index in [9.17, 15) is 9.59 Å². The Labute approximate surface area is 179 Å². The van der Waals surface area contributed by atoms with Crippen molar-refractivity contribution in [3.8, 4) is 17.2 Å². The summed E-state index contributed by atoms with van der Waals surface area (Å²) in [6.45, 7) is 2.87. The summed E-state index contributed by atoms with van der Waals surface area (Å²) in [6.07, 6.45) is 0. The number of aromatic nitrogens is 2. The van der Waals surface area contributed by atoms with E-state index in [2.05, 4.69) is 10.4 Å². The molecule has 2 aromatic carbocycles. The molecule has 3 aromatic rings. The van der Waals surface area contributed by atoms with E-state index in [4.69, 9.17) is 9.47 Å². The van der Waals surface area contributed by atoms with E-state index in [1.807, 2.05) is 31.2 Å². The Kier molecular flexibility index (Phi) is 7.51. The lowest BCUT2D eigenvalue weighted by atomic mass is 10.2. The molecule has 0 spiro atoms. The van der Waals surface area contributed by atoms with Crippen LogP contribution in [0.4, 0.5) is 0 Å². The number of ether oxygens (including phenoxy) is 2. The molecule has 0 aliphatic heterocycles. The van der Waals surface area contributed by atoms with Gasteiger partial charge in [0, 0.05) is 18.2 Å². The van der Waals surface area contributed by atoms with Gasteiger partial charge < -0.3 is 14.8 Å². The molecule has 156 valence electrons. The molecule has 7 nitrogen and oxygen atoms in total. The highest BCUT2D eigenvalue weighted by molar-refractivity contribution is 7.99. The maximum absolute atomic E-state index is 12.3. The molecule has 0 saturated carbocycles. The van der Waals surface area contributed by atoms with Gasteiger partial charge in [-0.2, -0.15) is 9.78 Å². The van der Waals surface area contributed by atoms with Gasteiger partial charge in [0.2, 0.25) is 5.91 Å². The van der Waals surface area contributed by atoms with Crippen LogP contribution in [0.25, 0.3) is 5.69 Å². The number of nitrogens with zero attached hydrogens (tertiary/aromatic N) is 2. The lowest BCUT2D eigenvalue weighted by Crippen LogP contribution is -2.25. The summed E-state index contributed by atoms with van der Waals surface area (Å²) in [5, 5.41) is 7.82. The summed E-state index contributed by atoms with van der Waals surface area (Å²) >= 11 is 1.26. The average molecular weight is 426 g/mol. The number of nitrogens with one attached hydrogen (secondary N) is 1. The van der Waals surface area contributed by atoms with Gasteiger partial charge in [0.1, 0.15) is 16.5 Å². The molecule has 0 atom stereocenters. The Morgan fingerprint density at radius 3 is 2.60 bits per heavy atom. The summed E-state index contributed by atoms with van der Waals surface area (Å²) in [5.41, 5.74) is 1.30. The van der Waals surface area contributed by atoms with Gasteiger partial charge in [-0.05, 0) is 43.3 Å². The molecule has 1 N–H and O–H groups in total. The van der Waals surface area contributed by atoms with E-state index in [1.54, 1.807) is 37.4 Å². The number of amides is 1. The maximum atomic E-state index is 12.3. The second-order valence-corrected chi connectivity index (χ2v) is 7.22. The van der Waals surface area contributed by atoms with Crippen LogP contribution in [-0.2, 0) is 11.3 Å². The Morgan fingerprint density at radius 2 is 1.87 bits per heavy atom. The summed E-state index contributed by atoms with van der Waals surface area (Å²) in [4.78, 5) is 24.4. The maximum Gasteiger partial charge on any atom is 0.271 e. The fourth-order valence-corrected chi connectivity index (χ4v) is 3.39. The highest BCUT2D eigenvalue weighted by Gasteiger charge is 2.09. The van der Waals surface area contributed by atoms with Gasteiger partial charge in [0.15, 0.2) is 0 Å². The topological polar surface area (TPSA) is 82.5 Å². The largest absolute Gasteiger partial charge is 0.497 e. The summed E-state index contributed by atoms with van der Waals surface area (Å²) in [6, 6.07) is 17.7. The molecule has 0 aliphatic carbocycles. The van der Waals surface area contributed by atoms with Gasteiger partial charge in [-0.1, -0.05) is 30.0 Å². The van der Waals surface area contributed by atoms with Crippen LogP contribution in [0.2, 0.25) is 0 Å². The van der Waals surface area contributed by atoms with Gasteiger partial charge >= 0.3 is 0 Å². The van der Waals surface area contributed by atoms with E-state index in [1.165, 1.54) is 22.5 Å². The number of hydrogen-bond acceptors (Lipinski definition) is 6. The lowest BCUT2D eigenvalue weighted by Gasteiger charge is -2.11. The van der Waals surface area contributed by atoms with Crippen LogP contribution in [0.5, 0.6) is 11.5 Å². The van der Waals surface area contributed by atoms with E-state index in [0.717, 1.165) is 11.3 Å². The molecule has 0 radical (unpaired) electrons. The first-order valence-corrected chi connectivity index (χ1v) is 10.4. The quantitative estimate of drug-likeness (QED) is 0.531. The predicted octanol–water partition coefficient (Wildman–Crippen LogP) is 3.05. The number of benzene rings is 2. The van der Waals surface area contributed by atoms with Crippen molar-refractivity contribution in [3.63, 3.8) is 0 Å². The second kappa shape index (κ2) is 10.5. The zero-order chi connectivity index (χ0) is 21.3. The Hall–Kier alpha value is -3.26. The SMILES string of the molecule is CCOc1ccccc1CNC(=O)CSc1ccc(=O)n(-c2ccc(OC)cc2)n1. The van der Waals surface area contributed by atoms with Crippen molar-refractivity contribution in [2.24, 2.45) is 0 Å². The Morgan fingerprint density at radius 1 is 1.10 bits per heavy atom. The van der Waals surface area contributed by atoms with Crippen LogP contribution < -0.4 is 20.3 Å².